The molecule has 1 unspecified atom stereocenters. The van der Waals surface area contributed by atoms with Crippen molar-refractivity contribution >= 4 is 0 Å². The first-order chi connectivity index (χ1) is 8.28. The molecule has 2 heterocycles. The Balaban J connectivity index is 1.66. The second kappa shape index (κ2) is 4.87. The highest BCUT2D eigenvalue weighted by Crippen LogP contribution is 2.36. The molecule has 3 nitrogen and oxygen atoms in total. The van der Waals surface area contributed by atoms with Gasteiger partial charge >= 0.3 is 0 Å². The lowest BCUT2D eigenvalue weighted by atomic mass is 9.89. The van der Waals surface area contributed by atoms with Gasteiger partial charge in [0.15, 0.2) is 0 Å². The van der Waals surface area contributed by atoms with Crippen molar-refractivity contribution in [2.24, 2.45) is 5.92 Å². The molecule has 1 N–H and O–H groups in total. The lowest BCUT2D eigenvalue weighted by molar-refractivity contribution is -0.0202. The lowest BCUT2D eigenvalue weighted by Crippen LogP contribution is -2.53. The second-order valence-electron chi connectivity index (χ2n) is 6.31. The zero-order chi connectivity index (χ0) is 11.7. The summed E-state index contributed by atoms with van der Waals surface area (Å²) in [6, 6.07) is 0.761. The molecule has 0 bridgehead atoms. The fraction of sp³-hybridized carbons (Fsp3) is 1.00. The third-order valence-electron chi connectivity index (χ3n) is 4.95. The van der Waals surface area contributed by atoms with E-state index in [0.29, 0.717) is 5.54 Å². The summed E-state index contributed by atoms with van der Waals surface area (Å²) in [5.74, 6) is 0.971. The minimum atomic E-state index is 0.400. The maximum atomic E-state index is 5.53. The maximum absolute atomic E-state index is 5.53. The van der Waals surface area contributed by atoms with Gasteiger partial charge in [-0.15, -0.1) is 0 Å². The minimum Gasteiger partial charge on any atom is -0.381 e. The van der Waals surface area contributed by atoms with E-state index in [1.165, 1.54) is 51.7 Å². The Morgan fingerprint density at radius 3 is 2.71 bits per heavy atom. The second-order valence-corrected chi connectivity index (χ2v) is 6.31. The Hall–Kier alpha value is -0.120. The van der Waals surface area contributed by atoms with Crippen molar-refractivity contribution in [1.82, 2.24) is 10.2 Å². The SMILES string of the molecule is CC1(N2CCCNC(C3CC3)C2)CCOCC1. The first kappa shape index (κ1) is 11.9. The van der Waals surface area contributed by atoms with E-state index in [0.717, 1.165) is 25.2 Å². The third-order valence-corrected chi connectivity index (χ3v) is 4.95. The number of nitrogens with zero attached hydrogens (tertiary/aromatic N) is 1. The molecule has 3 rings (SSSR count). The molecule has 2 aliphatic heterocycles. The van der Waals surface area contributed by atoms with E-state index in [9.17, 15) is 0 Å². The molecule has 17 heavy (non-hydrogen) atoms. The number of hydrogen-bond donors (Lipinski definition) is 1. The molecule has 1 atom stereocenters. The van der Waals surface area contributed by atoms with Crippen molar-refractivity contribution in [3.63, 3.8) is 0 Å². The smallest absolute Gasteiger partial charge is 0.0483 e. The van der Waals surface area contributed by atoms with Crippen LogP contribution < -0.4 is 5.32 Å². The molecule has 0 spiro atoms. The van der Waals surface area contributed by atoms with Crippen molar-refractivity contribution in [3.05, 3.63) is 0 Å². The highest BCUT2D eigenvalue weighted by atomic mass is 16.5. The number of ether oxygens (including phenoxy) is 1. The summed E-state index contributed by atoms with van der Waals surface area (Å²) in [5.41, 5.74) is 0.400. The summed E-state index contributed by atoms with van der Waals surface area (Å²) in [6.07, 6.45) is 6.63. The third kappa shape index (κ3) is 2.67. The van der Waals surface area contributed by atoms with E-state index in [1.807, 2.05) is 0 Å². The number of rotatable bonds is 2. The molecule has 0 aromatic carbocycles. The summed E-state index contributed by atoms with van der Waals surface area (Å²) in [7, 11) is 0. The van der Waals surface area contributed by atoms with Crippen LogP contribution in [0.2, 0.25) is 0 Å². The van der Waals surface area contributed by atoms with E-state index in [4.69, 9.17) is 4.74 Å². The van der Waals surface area contributed by atoms with Crippen LogP contribution in [0.1, 0.15) is 39.0 Å². The van der Waals surface area contributed by atoms with E-state index < -0.39 is 0 Å². The Labute approximate surface area is 105 Å². The van der Waals surface area contributed by atoms with Crippen LogP contribution in [0.4, 0.5) is 0 Å². The molecular weight excluding hydrogens is 212 g/mol. The number of nitrogens with one attached hydrogen (secondary N) is 1. The Morgan fingerprint density at radius 1 is 1.24 bits per heavy atom. The van der Waals surface area contributed by atoms with Crippen LogP contribution in [0.25, 0.3) is 0 Å². The van der Waals surface area contributed by atoms with Gasteiger partial charge in [0.25, 0.3) is 0 Å². The van der Waals surface area contributed by atoms with Gasteiger partial charge in [0, 0.05) is 31.3 Å². The van der Waals surface area contributed by atoms with E-state index in [2.05, 4.69) is 17.1 Å². The van der Waals surface area contributed by atoms with Crippen LogP contribution in [0.5, 0.6) is 0 Å². The summed E-state index contributed by atoms with van der Waals surface area (Å²) in [4.78, 5) is 2.76. The first-order valence-corrected chi connectivity index (χ1v) is 7.34. The molecular formula is C14H26N2O. The largest absolute Gasteiger partial charge is 0.381 e. The molecule has 0 radical (unpaired) electrons. The molecule has 0 aromatic rings. The fourth-order valence-corrected chi connectivity index (χ4v) is 3.38. The van der Waals surface area contributed by atoms with Gasteiger partial charge in [-0.05, 0) is 58.0 Å². The van der Waals surface area contributed by atoms with E-state index in [1.54, 1.807) is 0 Å². The van der Waals surface area contributed by atoms with Crippen LogP contribution in [-0.2, 0) is 4.74 Å². The monoisotopic (exact) mass is 238 g/mol. The average molecular weight is 238 g/mol. The Morgan fingerprint density at radius 2 is 2.00 bits per heavy atom. The lowest BCUT2D eigenvalue weighted by Gasteiger charge is -2.44. The van der Waals surface area contributed by atoms with E-state index in [-0.39, 0.29) is 0 Å². The minimum absolute atomic E-state index is 0.400. The molecule has 3 aliphatic rings. The molecule has 0 aromatic heterocycles. The Bertz CT molecular complexity index is 259. The molecule has 2 saturated heterocycles. The normalized spacial score (nSPS) is 35.5. The molecule has 98 valence electrons. The van der Waals surface area contributed by atoms with Gasteiger partial charge in [0.05, 0.1) is 0 Å². The van der Waals surface area contributed by atoms with Gasteiger partial charge in [-0.25, -0.2) is 0 Å². The number of hydrogen-bond acceptors (Lipinski definition) is 3. The van der Waals surface area contributed by atoms with Gasteiger partial charge in [-0.2, -0.15) is 0 Å². The molecule has 3 heteroatoms. The van der Waals surface area contributed by atoms with Crippen LogP contribution in [-0.4, -0.2) is 49.3 Å². The zero-order valence-corrected chi connectivity index (χ0v) is 11.1. The standard InChI is InChI=1S/C14H26N2O/c1-14(5-9-17-10-6-14)16-8-2-7-15-13(11-16)12-3-4-12/h12-13,15H,2-11H2,1H3. The van der Waals surface area contributed by atoms with Crippen molar-refractivity contribution in [2.75, 3.05) is 32.8 Å². The summed E-state index contributed by atoms with van der Waals surface area (Å²) >= 11 is 0. The predicted molar refractivity (Wildman–Crippen MR) is 69.2 cm³/mol. The predicted octanol–water partition coefficient (Wildman–Crippen LogP) is 1.63. The molecule has 3 fully saturated rings. The summed E-state index contributed by atoms with van der Waals surface area (Å²) < 4.78 is 5.53. The van der Waals surface area contributed by atoms with Crippen LogP contribution in [0.15, 0.2) is 0 Å². The van der Waals surface area contributed by atoms with Crippen molar-refractivity contribution in [1.29, 1.82) is 0 Å². The van der Waals surface area contributed by atoms with Crippen LogP contribution in [0, 0.1) is 5.92 Å². The fourth-order valence-electron chi connectivity index (χ4n) is 3.38. The van der Waals surface area contributed by atoms with E-state index >= 15 is 0 Å². The quantitative estimate of drug-likeness (QED) is 0.791. The Kier molecular flexibility index (Phi) is 3.42. The van der Waals surface area contributed by atoms with Crippen molar-refractivity contribution < 1.29 is 4.74 Å². The van der Waals surface area contributed by atoms with Gasteiger partial charge in [-0.3, -0.25) is 4.90 Å². The molecule has 0 amide bonds. The van der Waals surface area contributed by atoms with Gasteiger partial charge in [-0.1, -0.05) is 0 Å². The summed E-state index contributed by atoms with van der Waals surface area (Å²) in [6.45, 7) is 8.10. The average Bonchev–Trinajstić information content (AvgIpc) is 3.16. The van der Waals surface area contributed by atoms with Crippen LogP contribution in [0.3, 0.4) is 0 Å². The molecule has 1 aliphatic carbocycles. The molecule has 1 saturated carbocycles. The van der Waals surface area contributed by atoms with Gasteiger partial charge in [0.1, 0.15) is 0 Å². The zero-order valence-electron chi connectivity index (χ0n) is 11.1. The highest BCUT2D eigenvalue weighted by molar-refractivity contribution is 4.96. The highest BCUT2D eigenvalue weighted by Gasteiger charge is 2.39. The first-order valence-electron chi connectivity index (χ1n) is 7.34. The van der Waals surface area contributed by atoms with Crippen molar-refractivity contribution in [3.8, 4) is 0 Å². The van der Waals surface area contributed by atoms with Crippen molar-refractivity contribution in [2.45, 2.75) is 50.6 Å². The topological polar surface area (TPSA) is 24.5 Å². The van der Waals surface area contributed by atoms with Gasteiger partial charge < -0.3 is 10.1 Å². The van der Waals surface area contributed by atoms with Crippen LogP contribution >= 0.6 is 0 Å². The maximum Gasteiger partial charge on any atom is 0.0483 e. The summed E-state index contributed by atoms with van der Waals surface area (Å²) in [5, 5.41) is 3.76. The van der Waals surface area contributed by atoms with Gasteiger partial charge in [0.2, 0.25) is 0 Å².